The molecule has 3 aliphatic rings. The second-order valence-corrected chi connectivity index (χ2v) is 11.2. The van der Waals surface area contributed by atoms with E-state index in [1.165, 1.54) is 36.8 Å². The number of piperidine rings is 1. The zero-order valence-corrected chi connectivity index (χ0v) is 19.0. The summed E-state index contributed by atoms with van der Waals surface area (Å²) in [5.41, 5.74) is 4.73. The molecule has 166 valence electrons. The molecule has 0 spiro atoms. The first-order valence-electron chi connectivity index (χ1n) is 11.2. The third kappa shape index (κ3) is 3.48. The van der Waals surface area contributed by atoms with Gasteiger partial charge >= 0.3 is 0 Å². The van der Waals surface area contributed by atoms with Gasteiger partial charge in [0.2, 0.25) is 10.0 Å². The lowest BCUT2D eigenvalue weighted by atomic mass is 9.53. The fourth-order valence-electron chi connectivity index (χ4n) is 6.41. The van der Waals surface area contributed by atoms with Gasteiger partial charge in [0.05, 0.1) is 23.3 Å². The maximum Gasteiger partial charge on any atom is 0.229 e. The van der Waals surface area contributed by atoms with Gasteiger partial charge in [-0.25, -0.2) is 8.42 Å². The van der Waals surface area contributed by atoms with Crippen molar-refractivity contribution in [3.05, 3.63) is 47.5 Å². The zero-order chi connectivity index (χ0) is 21.8. The Kier molecular flexibility index (Phi) is 4.94. The van der Waals surface area contributed by atoms with Gasteiger partial charge in [0.25, 0.3) is 0 Å². The van der Waals surface area contributed by atoms with E-state index in [2.05, 4.69) is 16.1 Å². The van der Waals surface area contributed by atoms with Gasteiger partial charge in [0, 0.05) is 18.5 Å². The van der Waals surface area contributed by atoms with E-state index in [1.54, 1.807) is 12.1 Å². The normalized spacial score (nSPS) is 27.2. The maximum atomic E-state index is 11.8. The maximum absolute atomic E-state index is 11.8. The van der Waals surface area contributed by atoms with Crippen LogP contribution in [0.4, 0.5) is 17.1 Å². The number of para-hydroxylation sites is 2. The molecule has 7 heteroatoms. The largest absolute Gasteiger partial charge is 0.506 e. The van der Waals surface area contributed by atoms with Crippen molar-refractivity contribution < 1.29 is 13.5 Å². The summed E-state index contributed by atoms with van der Waals surface area (Å²) in [7, 11) is -1.54. The van der Waals surface area contributed by atoms with Gasteiger partial charge in [-0.3, -0.25) is 4.72 Å². The van der Waals surface area contributed by atoms with Gasteiger partial charge in [-0.15, -0.1) is 0 Å². The molecule has 1 saturated heterocycles. The molecule has 2 aromatic carbocycles. The average Bonchev–Trinajstić information content (AvgIpc) is 2.73. The Morgan fingerprint density at radius 1 is 1.16 bits per heavy atom. The number of hydrogen-bond acceptors (Lipinski definition) is 5. The van der Waals surface area contributed by atoms with Crippen molar-refractivity contribution in [2.75, 3.05) is 29.5 Å². The van der Waals surface area contributed by atoms with Gasteiger partial charge in [-0.2, -0.15) is 0 Å². The lowest BCUT2D eigenvalue weighted by Gasteiger charge is -2.56. The van der Waals surface area contributed by atoms with Crippen LogP contribution in [0.25, 0.3) is 0 Å². The molecule has 0 amide bonds. The van der Waals surface area contributed by atoms with Crippen LogP contribution in [0.5, 0.6) is 5.75 Å². The standard InChI is InChI=1S/C24H31N3O3S/c1-27(21-9-4-3-8-19(21)26-31(2,29)30)22-14-16-13-20-17-7-5-6-10-24(17,11-12-25-20)18(16)15-23(22)28/h3-4,8-9,14-15,17,20,25-26,28H,5-7,10-13H2,1-2H3/t17-,20+,24+/m1/s1. The number of nitrogens with zero attached hydrogens (tertiary/aromatic N) is 1. The summed E-state index contributed by atoms with van der Waals surface area (Å²) in [6.45, 7) is 1.05. The molecule has 6 nitrogen and oxygen atoms in total. The van der Waals surface area contributed by atoms with Gasteiger partial charge in [-0.05, 0) is 73.5 Å². The summed E-state index contributed by atoms with van der Waals surface area (Å²) in [6, 6.07) is 11.9. The molecule has 0 unspecified atom stereocenters. The van der Waals surface area contributed by atoms with Crippen molar-refractivity contribution in [1.29, 1.82) is 0 Å². The highest BCUT2D eigenvalue weighted by atomic mass is 32.2. The van der Waals surface area contributed by atoms with E-state index in [4.69, 9.17) is 0 Å². The number of anilines is 3. The Bertz CT molecular complexity index is 1110. The topological polar surface area (TPSA) is 81.7 Å². The highest BCUT2D eigenvalue weighted by molar-refractivity contribution is 7.92. The van der Waals surface area contributed by atoms with Crippen LogP contribution < -0.4 is 14.9 Å². The van der Waals surface area contributed by atoms with Gasteiger partial charge < -0.3 is 15.3 Å². The van der Waals surface area contributed by atoms with Crippen LogP contribution in [0.3, 0.4) is 0 Å². The summed E-state index contributed by atoms with van der Waals surface area (Å²) >= 11 is 0. The highest BCUT2D eigenvalue weighted by Crippen LogP contribution is 2.55. The first-order valence-corrected chi connectivity index (χ1v) is 13.1. The molecule has 1 heterocycles. The molecule has 31 heavy (non-hydrogen) atoms. The third-order valence-corrected chi connectivity index (χ3v) is 8.25. The van der Waals surface area contributed by atoms with Crippen molar-refractivity contribution in [1.82, 2.24) is 5.32 Å². The van der Waals surface area contributed by atoms with Crippen LogP contribution in [0.15, 0.2) is 36.4 Å². The highest BCUT2D eigenvalue weighted by Gasteiger charge is 2.51. The number of sulfonamides is 1. The molecule has 3 atom stereocenters. The van der Waals surface area contributed by atoms with Crippen LogP contribution >= 0.6 is 0 Å². The van der Waals surface area contributed by atoms with Gasteiger partial charge in [0.15, 0.2) is 0 Å². The van der Waals surface area contributed by atoms with Gasteiger partial charge in [-0.1, -0.05) is 25.0 Å². The van der Waals surface area contributed by atoms with Crippen LogP contribution in [0.2, 0.25) is 0 Å². The number of aromatic hydroxyl groups is 1. The van der Waals surface area contributed by atoms with Crippen LogP contribution in [-0.4, -0.2) is 39.4 Å². The molecule has 2 fully saturated rings. The molecule has 5 rings (SSSR count). The van der Waals surface area contributed by atoms with Crippen LogP contribution in [-0.2, 0) is 21.9 Å². The molecule has 1 saturated carbocycles. The minimum atomic E-state index is -3.41. The lowest BCUT2D eigenvalue weighted by molar-refractivity contribution is 0.0796. The summed E-state index contributed by atoms with van der Waals surface area (Å²) in [5.74, 6) is 0.913. The Morgan fingerprint density at radius 2 is 1.97 bits per heavy atom. The van der Waals surface area contributed by atoms with E-state index in [9.17, 15) is 13.5 Å². The van der Waals surface area contributed by atoms with E-state index in [1.807, 2.05) is 30.1 Å². The lowest BCUT2D eigenvalue weighted by Crippen LogP contribution is -2.59. The summed E-state index contributed by atoms with van der Waals surface area (Å²) < 4.78 is 26.2. The second-order valence-electron chi connectivity index (χ2n) is 9.47. The van der Waals surface area contributed by atoms with E-state index in [-0.39, 0.29) is 11.2 Å². The minimum absolute atomic E-state index is 0.187. The fourth-order valence-corrected chi connectivity index (χ4v) is 6.98. The van der Waals surface area contributed by atoms with E-state index in [0.717, 1.165) is 25.6 Å². The van der Waals surface area contributed by atoms with E-state index in [0.29, 0.717) is 29.0 Å². The van der Waals surface area contributed by atoms with Crippen molar-refractivity contribution >= 4 is 27.1 Å². The number of rotatable bonds is 4. The molecular weight excluding hydrogens is 410 g/mol. The predicted molar refractivity (Wildman–Crippen MR) is 125 cm³/mol. The first kappa shape index (κ1) is 20.6. The number of phenols is 1. The Morgan fingerprint density at radius 3 is 2.77 bits per heavy atom. The smallest absolute Gasteiger partial charge is 0.229 e. The van der Waals surface area contributed by atoms with Crippen LogP contribution in [0, 0.1) is 5.92 Å². The number of phenolic OH excluding ortho intramolecular Hbond substituents is 1. The van der Waals surface area contributed by atoms with Crippen molar-refractivity contribution in [3.63, 3.8) is 0 Å². The molecule has 2 aromatic rings. The SMILES string of the molecule is CN(c1cc2c(cc1O)[C@]13CCCC[C@@H]1[C@H](C2)NCC3)c1ccccc1NS(C)(=O)=O. The number of hydrogen-bond donors (Lipinski definition) is 3. The first-order chi connectivity index (χ1) is 14.8. The monoisotopic (exact) mass is 441 g/mol. The van der Waals surface area contributed by atoms with Gasteiger partial charge in [0.1, 0.15) is 5.75 Å². The van der Waals surface area contributed by atoms with E-state index < -0.39 is 10.0 Å². The molecule has 2 bridgehead atoms. The Hall–Kier alpha value is -2.25. The molecule has 0 radical (unpaired) electrons. The van der Waals surface area contributed by atoms with Crippen LogP contribution in [0.1, 0.15) is 43.2 Å². The van der Waals surface area contributed by atoms with Crippen molar-refractivity contribution in [3.8, 4) is 5.75 Å². The zero-order valence-electron chi connectivity index (χ0n) is 18.2. The summed E-state index contributed by atoms with van der Waals surface area (Å²) in [5, 5.41) is 14.9. The minimum Gasteiger partial charge on any atom is -0.506 e. The second kappa shape index (κ2) is 7.41. The van der Waals surface area contributed by atoms with Crippen molar-refractivity contribution in [2.45, 2.75) is 50.0 Å². The third-order valence-electron chi connectivity index (χ3n) is 7.66. The summed E-state index contributed by atoms with van der Waals surface area (Å²) in [4.78, 5) is 1.87. The Balaban J connectivity index is 1.57. The number of fused-ring (bicyclic) bond motifs is 1. The summed E-state index contributed by atoms with van der Waals surface area (Å²) in [6.07, 6.45) is 8.30. The average molecular weight is 442 g/mol. The fraction of sp³-hybridized carbons (Fsp3) is 0.500. The molecular formula is C24H31N3O3S. The quantitative estimate of drug-likeness (QED) is 0.671. The predicted octanol–water partition coefficient (Wildman–Crippen LogP) is 3.88. The number of nitrogens with one attached hydrogen (secondary N) is 2. The molecule has 0 aromatic heterocycles. The van der Waals surface area contributed by atoms with Crippen molar-refractivity contribution in [2.24, 2.45) is 5.92 Å². The molecule has 1 aliphatic heterocycles. The molecule has 2 aliphatic carbocycles. The Labute approximate surface area is 184 Å². The van der Waals surface area contributed by atoms with E-state index >= 15 is 0 Å². The molecule has 3 N–H and O–H groups in total. The number of benzene rings is 2.